The SMILES string of the molecule is CCCc1ccnc(C(=O)NCCCN2CCCC2)c1. The highest BCUT2D eigenvalue weighted by molar-refractivity contribution is 5.92. The van der Waals surface area contributed by atoms with Gasteiger partial charge in [0.05, 0.1) is 0 Å². The van der Waals surface area contributed by atoms with Crippen molar-refractivity contribution in [3.8, 4) is 0 Å². The van der Waals surface area contributed by atoms with Crippen LogP contribution in [-0.2, 0) is 6.42 Å². The Kier molecular flexibility index (Phi) is 5.99. The molecule has 0 unspecified atom stereocenters. The largest absolute Gasteiger partial charge is 0.351 e. The van der Waals surface area contributed by atoms with Crippen molar-refractivity contribution in [1.29, 1.82) is 0 Å². The molecule has 1 aliphatic rings. The van der Waals surface area contributed by atoms with Crippen LogP contribution in [0.4, 0.5) is 0 Å². The second-order valence-corrected chi connectivity index (χ2v) is 5.46. The molecule has 1 aliphatic heterocycles. The summed E-state index contributed by atoms with van der Waals surface area (Å²) in [7, 11) is 0. The van der Waals surface area contributed by atoms with E-state index in [2.05, 4.69) is 22.1 Å². The van der Waals surface area contributed by atoms with Crippen LogP contribution in [0.2, 0.25) is 0 Å². The van der Waals surface area contributed by atoms with Gasteiger partial charge >= 0.3 is 0 Å². The summed E-state index contributed by atoms with van der Waals surface area (Å²) < 4.78 is 0. The number of carbonyl (C=O) groups is 1. The molecule has 1 fully saturated rings. The molecular weight excluding hydrogens is 250 g/mol. The van der Waals surface area contributed by atoms with Gasteiger partial charge in [-0.05, 0) is 63.0 Å². The average Bonchev–Trinajstić information content (AvgIpc) is 2.97. The van der Waals surface area contributed by atoms with Gasteiger partial charge in [0.1, 0.15) is 5.69 Å². The van der Waals surface area contributed by atoms with Crippen molar-refractivity contribution in [1.82, 2.24) is 15.2 Å². The molecule has 1 amide bonds. The van der Waals surface area contributed by atoms with E-state index in [9.17, 15) is 4.79 Å². The van der Waals surface area contributed by atoms with Crippen molar-refractivity contribution < 1.29 is 4.79 Å². The molecule has 4 nitrogen and oxygen atoms in total. The normalized spacial score (nSPS) is 15.4. The van der Waals surface area contributed by atoms with Gasteiger partial charge in [0.25, 0.3) is 5.91 Å². The molecule has 1 aromatic rings. The molecule has 1 saturated heterocycles. The van der Waals surface area contributed by atoms with Crippen molar-refractivity contribution >= 4 is 5.91 Å². The van der Waals surface area contributed by atoms with E-state index in [4.69, 9.17) is 0 Å². The van der Waals surface area contributed by atoms with Gasteiger partial charge in [-0.15, -0.1) is 0 Å². The highest BCUT2D eigenvalue weighted by Crippen LogP contribution is 2.07. The molecule has 0 saturated carbocycles. The maximum Gasteiger partial charge on any atom is 0.269 e. The number of aromatic nitrogens is 1. The third-order valence-corrected chi connectivity index (χ3v) is 3.73. The topological polar surface area (TPSA) is 45.2 Å². The van der Waals surface area contributed by atoms with E-state index in [1.54, 1.807) is 6.20 Å². The third-order valence-electron chi connectivity index (χ3n) is 3.73. The van der Waals surface area contributed by atoms with Gasteiger partial charge in [-0.2, -0.15) is 0 Å². The quantitative estimate of drug-likeness (QED) is 0.776. The first kappa shape index (κ1) is 15.0. The average molecular weight is 275 g/mol. The Bertz CT molecular complexity index is 427. The van der Waals surface area contributed by atoms with E-state index < -0.39 is 0 Å². The van der Waals surface area contributed by atoms with E-state index in [0.29, 0.717) is 5.69 Å². The number of hydrogen-bond donors (Lipinski definition) is 1. The molecule has 20 heavy (non-hydrogen) atoms. The smallest absolute Gasteiger partial charge is 0.269 e. The number of nitrogens with one attached hydrogen (secondary N) is 1. The summed E-state index contributed by atoms with van der Waals surface area (Å²) in [5.74, 6) is -0.0515. The monoisotopic (exact) mass is 275 g/mol. The van der Waals surface area contributed by atoms with Crippen LogP contribution in [0.1, 0.15) is 48.7 Å². The van der Waals surface area contributed by atoms with Gasteiger partial charge in [0.2, 0.25) is 0 Å². The zero-order valence-electron chi connectivity index (χ0n) is 12.4. The Morgan fingerprint density at radius 3 is 2.95 bits per heavy atom. The van der Waals surface area contributed by atoms with Crippen molar-refractivity contribution in [2.24, 2.45) is 0 Å². The highest BCUT2D eigenvalue weighted by atomic mass is 16.1. The van der Waals surface area contributed by atoms with E-state index >= 15 is 0 Å². The molecule has 0 bridgehead atoms. The zero-order valence-corrected chi connectivity index (χ0v) is 12.4. The molecule has 4 heteroatoms. The van der Waals surface area contributed by atoms with Gasteiger partial charge in [-0.25, -0.2) is 0 Å². The Balaban J connectivity index is 1.72. The number of aryl methyl sites for hydroxylation is 1. The maximum absolute atomic E-state index is 12.0. The molecule has 110 valence electrons. The summed E-state index contributed by atoms with van der Waals surface area (Å²) in [5.41, 5.74) is 1.72. The highest BCUT2D eigenvalue weighted by Gasteiger charge is 2.11. The van der Waals surface area contributed by atoms with Crippen molar-refractivity contribution in [3.63, 3.8) is 0 Å². The number of nitrogens with zero attached hydrogens (tertiary/aromatic N) is 2. The van der Waals surface area contributed by atoms with Crippen LogP contribution in [0.15, 0.2) is 18.3 Å². The Hall–Kier alpha value is -1.42. The van der Waals surface area contributed by atoms with Gasteiger partial charge in [-0.1, -0.05) is 13.3 Å². The van der Waals surface area contributed by atoms with Crippen LogP contribution in [0.25, 0.3) is 0 Å². The number of likely N-dealkylation sites (tertiary alicyclic amines) is 1. The second kappa shape index (κ2) is 8.00. The van der Waals surface area contributed by atoms with Crippen LogP contribution in [0.3, 0.4) is 0 Å². The molecule has 2 rings (SSSR count). The molecule has 1 N–H and O–H groups in total. The minimum Gasteiger partial charge on any atom is -0.351 e. The number of pyridine rings is 1. The van der Waals surface area contributed by atoms with Crippen LogP contribution in [0, 0.1) is 0 Å². The Labute approximate surface area is 121 Å². The lowest BCUT2D eigenvalue weighted by Crippen LogP contribution is -2.29. The maximum atomic E-state index is 12.0. The van der Waals surface area contributed by atoms with E-state index in [0.717, 1.165) is 32.4 Å². The molecule has 0 aromatic carbocycles. The molecule has 0 aliphatic carbocycles. The first-order valence-electron chi connectivity index (χ1n) is 7.75. The molecule has 2 heterocycles. The fourth-order valence-corrected chi connectivity index (χ4v) is 2.64. The van der Waals surface area contributed by atoms with Crippen molar-refractivity contribution in [3.05, 3.63) is 29.6 Å². The molecule has 0 atom stereocenters. The molecule has 0 radical (unpaired) electrons. The van der Waals surface area contributed by atoms with Crippen molar-refractivity contribution in [2.45, 2.75) is 39.0 Å². The van der Waals surface area contributed by atoms with Gasteiger partial charge in [0.15, 0.2) is 0 Å². The summed E-state index contributed by atoms with van der Waals surface area (Å²) in [6.07, 6.45) is 7.46. The first-order chi connectivity index (χ1) is 9.79. The zero-order chi connectivity index (χ0) is 14.2. The first-order valence-corrected chi connectivity index (χ1v) is 7.75. The van der Waals surface area contributed by atoms with Crippen LogP contribution >= 0.6 is 0 Å². The molecule has 0 spiro atoms. The molecule has 1 aromatic heterocycles. The van der Waals surface area contributed by atoms with Gasteiger partial charge < -0.3 is 10.2 Å². The Morgan fingerprint density at radius 2 is 2.20 bits per heavy atom. The van der Waals surface area contributed by atoms with Gasteiger partial charge in [-0.3, -0.25) is 9.78 Å². The minimum absolute atomic E-state index is 0.0515. The summed E-state index contributed by atoms with van der Waals surface area (Å²) in [6.45, 7) is 6.39. The van der Waals surface area contributed by atoms with Crippen LogP contribution < -0.4 is 5.32 Å². The number of rotatable bonds is 7. The lowest BCUT2D eigenvalue weighted by atomic mass is 10.1. The second-order valence-electron chi connectivity index (χ2n) is 5.46. The fourth-order valence-electron chi connectivity index (χ4n) is 2.64. The standard InChI is InChI=1S/C16H25N3O/c1-2-6-14-7-9-17-15(13-14)16(20)18-8-5-12-19-10-3-4-11-19/h7,9,13H,2-6,8,10-12H2,1H3,(H,18,20). The number of amides is 1. The van der Waals surface area contributed by atoms with E-state index in [1.807, 2.05) is 12.1 Å². The van der Waals surface area contributed by atoms with E-state index in [1.165, 1.54) is 31.5 Å². The van der Waals surface area contributed by atoms with Crippen molar-refractivity contribution in [2.75, 3.05) is 26.2 Å². The molecular formula is C16H25N3O. The summed E-state index contributed by atoms with van der Waals surface area (Å²) in [5, 5.41) is 2.96. The fraction of sp³-hybridized carbons (Fsp3) is 0.625. The van der Waals surface area contributed by atoms with Gasteiger partial charge in [0, 0.05) is 12.7 Å². The summed E-state index contributed by atoms with van der Waals surface area (Å²) in [6, 6.07) is 3.88. The predicted molar refractivity (Wildman–Crippen MR) is 80.9 cm³/mol. The minimum atomic E-state index is -0.0515. The van der Waals surface area contributed by atoms with Crippen LogP contribution in [-0.4, -0.2) is 42.0 Å². The van der Waals surface area contributed by atoms with Crippen LogP contribution in [0.5, 0.6) is 0 Å². The number of hydrogen-bond acceptors (Lipinski definition) is 3. The third kappa shape index (κ3) is 4.60. The summed E-state index contributed by atoms with van der Waals surface area (Å²) >= 11 is 0. The Morgan fingerprint density at radius 1 is 1.40 bits per heavy atom. The van der Waals surface area contributed by atoms with E-state index in [-0.39, 0.29) is 5.91 Å². The summed E-state index contributed by atoms with van der Waals surface area (Å²) in [4.78, 5) is 18.6. The number of carbonyl (C=O) groups excluding carboxylic acids is 1. The lowest BCUT2D eigenvalue weighted by Gasteiger charge is -2.14. The predicted octanol–water partition coefficient (Wildman–Crippen LogP) is 2.25. The lowest BCUT2D eigenvalue weighted by molar-refractivity contribution is 0.0947.